The smallest absolute Gasteiger partial charge is 0.182 e. The molecule has 3 heteroatoms. The molecule has 2 N–H and O–H groups in total. The summed E-state index contributed by atoms with van der Waals surface area (Å²) in [6.07, 6.45) is 2.91. The maximum Gasteiger partial charge on any atom is 0.182 e. The molecule has 0 fully saturated rings. The van der Waals surface area contributed by atoms with Crippen LogP contribution in [0.1, 0.15) is 57.4 Å². The van der Waals surface area contributed by atoms with E-state index in [2.05, 4.69) is 38.0 Å². The van der Waals surface area contributed by atoms with Crippen LogP contribution >= 0.6 is 0 Å². The molecule has 1 heterocycles. The molecule has 1 unspecified atom stereocenters. The van der Waals surface area contributed by atoms with E-state index in [0.29, 0.717) is 0 Å². The largest absolute Gasteiger partial charge is 0.352 e. The number of hydrogen-bond acceptors (Lipinski definition) is 2. The van der Waals surface area contributed by atoms with Gasteiger partial charge in [0.25, 0.3) is 0 Å². The highest BCUT2D eigenvalue weighted by Crippen LogP contribution is 2.27. The highest BCUT2D eigenvalue weighted by Gasteiger charge is 2.23. The molecule has 23 heavy (non-hydrogen) atoms. The summed E-state index contributed by atoms with van der Waals surface area (Å²) >= 11 is 0. The van der Waals surface area contributed by atoms with Gasteiger partial charge in [-0.15, -0.1) is 0 Å². The third kappa shape index (κ3) is 5.21. The monoisotopic (exact) mass is 314 g/mol. The maximum absolute atomic E-state index is 13.0. The van der Waals surface area contributed by atoms with Crippen molar-refractivity contribution >= 4 is 16.7 Å². The molecule has 0 saturated heterocycles. The van der Waals surface area contributed by atoms with Crippen LogP contribution in [0.25, 0.3) is 10.9 Å². The number of hydrogen-bond donors (Lipinski definition) is 2. The molecule has 3 nitrogen and oxygen atoms in total. The molecule has 0 aliphatic carbocycles. The van der Waals surface area contributed by atoms with Crippen molar-refractivity contribution in [2.24, 2.45) is 11.3 Å². The molecule has 0 saturated carbocycles. The highest BCUT2D eigenvalue weighted by molar-refractivity contribution is 6.00. The number of benzene rings is 1. The Morgan fingerprint density at radius 1 is 1.22 bits per heavy atom. The minimum atomic E-state index is 0.0846. The summed E-state index contributed by atoms with van der Waals surface area (Å²) in [7, 11) is 0. The van der Waals surface area contributed by atoms with E-state index in [9.17, 15) is 4.79 Å². The van der Waals surface area contributed by atoms with Crippen LogP contribution in [0.15, 0.2) is 30.3 Å². The Kier molecular flexibility index (Phi) is 6.00. The zero-order valence-corrected chi connectivity index (χ0v) is 14.9. The summed E-state index contributed by atoms with van der Waals surface area (Å²) in [4.78, 5) is 16.3. The van der Waals surface area contributed by atoms with Crippen LogP contribution < -0.4 is 5.32 Å². The molecule has 2 rings (SSSR count). The standard InChI is InChI=1S/C20H30N2O/c1-5-21-13-11-15(10-12-20(2,3)4)19(23)18-14-16-8-6-7-9-17(16)22-18/h6-9,14-15,21-22H,5,10-13H2,1-4H3. The third-order valence-corrected chi connectivity index (χ3v) is 4.33. The zero-order valence-electron chi connectivity index (χ0n) is 14.9. The molecule has 0 amide bonds. The van der Waals surface area contributed by atoms with E-state index in [4.69, 9.17) is 0 Å². The van der Waals surface area contributed by atoms with Crippen LogP contribution in [0.3, 0.4) is 0 Å². The first-order chi connectivity index (χ1) is 10.9. The van der Waals surface area contributed by atoms with E-state index in [1.54, 1.807) is 0 Å². The van der Waals surface area contributed by atoms with Crippen molar-refractivity contribution < 1.29 is 4.79 Å². The van der Waals surface area contributed by atoms with E-state index >= 15 is 0 Å². The van der Waals surface area contributed by atoms with Gasteiger partial charge in [-0.1, -0.05) is 45.9 Å². The summed E-state index contributed by atoms with van der Waals surface area (Å²) in [5.41, 5.74) is 2.05. The Labute approximate surface area is 139 Å². The first kappa shape index (κ1) is 17.7. The second kappa shape index (κ2) is 7.78. The van der Waals surface area contributed by atoms with Gasteiger partial charge in [-0.2, -0.15) is 0 Å². The molecular formula is C20H30N2O. The summed E-state index contributed by atoms with van der Waals surface area (Å²) in [5, 5.41) is 4.45. The van der Waals surface area contributed by atoms with Crippen LogP contribution in [0.4, 0.5) is 0 Å². The number of rotatable bonds is 8. The lowest BCUT2D eigenvalue weighted by molar-refractivity contribution is 0.0892. The van der Waals surface area contributed by atoms with Gasteiger partial charge < -0.3 is 10.3 Å². The van der Waals surface area contributed by atoms with Gasteiger partial charge in [0, 0.05) is 16.8 Å². The number of para-hydroxylation sites is 1. The van der Waals surface area contributed by atoms with Crippen LogP contribution in [0, 0.1) is 11.3 Å². The van der Waals surface area contributed by atoms with E-state index in [1.165, 1.54) is 0 Å². The molecular weight excluding hydrogens is 284 g/mol. The Morgan fingerprint density at radius 3 is 2.61 bits per heavy atom. The first-order valence-electron chi connectivity index (χ1n) is 8.73. The lowest BCUT2D eigenvalue weighted by Crippen LogP contribution is -2.24. The third-order valence-electron chi connectivity index (χ3n) is 4.33. The normalized spacial score (nSPS) is 13.4. The molecule has 1 aromatic carbocycles. The van der Waals surface area contributed by atoms with Gasteiger partial charge in [-0.05, 0) is 49.9 Å². The quantitative estimate of drug-likeness (QED) is 0.543. The van der Waals surface area contributed by atoms with Crippen molar-refractivity contribution in [2.45, 2.75) is 47.0 Å². The Hall–Kier alpha value is -1.61. The van der Waals surface area contributed by atoms with Gasteiger partial charge >= 0.3 is 0 Å². The fraction of sp³-hybridized carbons (Fsp3) is 0.550. The number of ketones is 1. The van der Waals surface area contributed by atoms with E-state index in [1.807, 2.05) is 30.3 Å². The van der Waals surface area contributed by atoms with E-state index < -0.39 is 0 Å². The minimum Gasteiger partial charge on any atom is -0.352 e. The Morgan fingerprint density at radius 2 is 1.96 bits per heavy atom. The highest BCUT2D eigenvalue weighted by atomic mass is 16.1. The number of aromatic amines is 1. The van der Waals surface area contributed by atoms with Crippen LogP contribution in [0.2, 0.25) is 0 Å². The fourth-order valence-corrected chi connectivity index (χ4v) is 2.89. The summed E-state index contributed by atoms with van der Waals surface area (Å²) in [6.45, 7) is 10.7. The molecule has 0 bridgehead atoms. The molecule has 0 aliphatic heterocycles. The van der Waals surface area contributed by atoms with Crippen molar-refractivity contribution in [1.82, 2.24) is 10.3 Å². The maximum atomic E-state index is 13.0. The topological polar surface area (TPSA) is 44.9 Å². The van der Waals surface area contributed by atoms with Gasteiger partial charge in [0.05, 0.1) is 5.69 Å². The van der Waals surface area contributed by atoms with Crippen LogP contribution in [0.5, 0.6) is 0 Å². The number of carbonyl (C=O) groups is 1. The first-order valence-corrected chi connectivity index (χ1v) is 8.73. The van der Waals surface area contributed by atoms with Gasteiger partial charge in [0.2, 0.25) is 0 Å². The SMILES string of the molecule is CCNCCC(CCC(C)(C)C)C(=O)c1cc2ccccc2[nH]1. The van der Waals surface area contributed by atoms with E-state index in [-0.39, 0.29) is 17.1 Å². The molecule has 1 atom stereocenters. The molecule has 0 radical (unpaired) electrons. The molecule has 0 aliphatic rings. The summed E-state index contributed by atoms with van der Waals surface area (Å²) in [5.74, 6) is 0.338. The van der Waals surface area contributed by atoms with Crippen molar-refractivity contribution in [3.05, 3.63) is 36.0 Å². The molecule has 0 spiro atoms. The van der Waals surface area contributed by atoms with Crippen molar-refractivity contribution in [3.63, 3.8) is 0 Å². The number of fused-ring (bicyclic) bond motifs is 1. The average molecular weight is 314 g/mol. The molecule has 2 aromatic rings. The average Bonchev–Trinajstić information content (AvgIpc) is 2.93. The van der Waals surface area contributed by atoms with Gasteiger partial charge in [0.15, 0.2) is 5.78 Å². The van der Waals surface area contributed by atoms with Crippen molar-refractivity contribution in [2.75, 3.05) is 13.1 Å². The van der Waals surface area contributed by atoms with Gasteiger partial charge in [0.1, 0.15) is 0 Å². The Balaban J connectivity index is 2.13. The van der Waals surface area contributed by atoms with Crippen LogP contribution in [-0.4, -0.2) is 23.9 Å². The number of H-pyrrole nitrogens is 1. The van der Waals surface area contributed by atoms with Crippen LogP contribution in [-0.2, 0) is 0 Å². The fourth-order valence-electron chi connectivity index (χ4n) is 2.89. The number of nitrogens with one attached hydrogen (secondary N) is 2. The number of Topliss-reactive ketones (excluding diaryl/α,β-unsaturated/α-hetero) is 1. The van der Waals surface area contributed by atoms with Gasteiger partial charge in [-0.25, -0.2) is 0 Å². The summed E-state index contributed by atoms with van der Waals surface area (Å²) in [6, 6.07) is 10.1. The number of aromatic nitrogens is 1. The van der Waals surface area contributed by atoms with Crippen molar-refractivity contribution in [1.29, 1.82) is 0 Å². The molecule has 126 valence electrons. The lowest BCUT2D eigenvalue weighted by atomic mass is 9.83. The predicted octanol–water partition coefficient (Wildman–Crippen LogP) is 4.79. The Bertz CT molecular complexity index is 603. The predicted molar refractivity (Wildman–Crippen MR) is 98.0 cm³/mol. The lowest BCUT2D eigenvalue weighted by Gasteiger charge is -2.22. The second-order valence-electron chi connectivity index (χ2n) is 7.57. The number of carbonyl (C=O) groups excluding carboxylic acids is 1. The summed E-state index contributed by atoms with van der Waals surface area (Å²) < 4.78 is 0. The van der Waals surface area contributed by atoms with E-state index in [0.717, 1.165) is 48.9 Å². The zero-order chi connectivity index (χ0) is 16.9. The minimum absolute atomic E-state index is 0.0846. The van der Waals surface area contributed by atoms with Gasteiger partial charge in [-0.3, -0.25) is 4.79 Å². The van der Waals surface area contributed by atoms with Crippen molar-refractivity contribution in [3.8, 4) is 0 Å². The second-order valence-corrected chi connectivity index (χ2v) is 7.57. The molecule has 1 aromatic heterocycles.